The quantitative estimate of drug-likeness (QED) is 0.678. The molecule has 9 heteroatoms. The zero-order chi connectivity index (χ0) is 19.8. The number of rotatable bonds is 5. The van der Waals surface area contributed by atoms with Crippen molar-refractivity contribution in [2.45, 2.75) is 25.8 Å². The van der Waals surface area contributed by atoms with Gasteiger partial charge in [-0.25, -0.2) is 4.98 Å². The van der Waals surface area contributed by atoms with Crippen LogP contribution in [0.5, 0.6) is 11.6 Å². The molecule has 1 fully saturated rings. The number of aromatic hydroxyl groups is 1. The monoisotopic (exact) mass is 401 g/mol. The van der Waals surface area contributed by atoms with Crippen molar-refractivity contribution < 1.29 is 14.6 Å². The summed E-state index contributed by atoms with van der Waals surface area (Å²) in [7, 11) is 1.63. The number of hydrogen-bond acceptors (Lipinski definition) is 7. The lowest BCUT2D eigenvalue weighted by Gasteiger charge is -2.36. The number of hydrogen-bond donors (Lipinski definition) is 2. The maximum atomic E-state index is 11.6. The van der Waals surface area contributed by atoms with Crippen molar-refractivity contribution in [3.05, 3.63) is 40.5 Å². The SMILES string of the molecule is COc1cccc(C(c2sc3nc(C)nn3c2O)N2CCC(C(N)=O)CC2)c1. The highest BCUT2D eigenvalue weighted by Crippen LogP contribution is 2.41. The van der Waals surface area contributed by atoms with Crippen LogP contribution in [0.4, 0.5) is 0 Å². The summed E-state index contributed by atoms with van der Waals surface area (Å²) < 4.78 is 6.88. The summed E-state index contributed by atoms with van der Waals surface area (Å²) in [4.78, 5) is 19.6. The number of nitrogens with zero attached hydrogens (tertiary/aromatic N) is 4. The van der Waals surface area contributed by atoms with Crippen molar-refractivity contribution in [2.24, 2.45) is 11.7 Å². The van der Waals surface area contributed by atoms with Gasteiger partial charge in [0.2, 0.25) is 16.7 Å². The number of methoxy groups -OCH3 is 1. The summed E-state index contributed by atoms with van der Waals surface area (Å²) in [5, 5.41) is 15.2. The summed E-state index contributed by atoms with van der Waals surface area (Å²) in [6, 6.07) is 7.65. The number of likely N-dealkylation sites (tertiary alicyclic amines) is 1. The van der Waals surface area contributed by atoms with Crippen LogP contribution >= 0.6 is 11.3 Å². The molecule has 0 saturated carbocycles. The van der Waals surface area contributed by atoms with Gasteiger partial charge >= 0.3 is 0 Å². The fourth-order valence-electron chi connectivity index (χ4n) is 3.81. The van der Waals surface area contributed by atoms with E-state index in [1.807, 2.05) is 24.3 Å². The van der Waals surface area contributed by atoms with E-state index in [1.165, 1.54) is 15.9 Å². The molecule has 2 aromatic heterocycles. The molecule has 148 valence electrons. The molecule has 0 radical (unpaired) electrons. The Morgan fingerprint density at radius 1 is 1.39 bits per heavy atom. The normalized spacial score (nSPS) is 17.1. The van der Waals surface area contributed by atoms with E-state index >= 15 is 0 Å². The molecule has 1 aliphatic heterocycles. The number of nitrogens with two attached hydrogens (primary N) is 1. The zero-order valence-electron chi connectivity index (χ0n) is 15.8. The number of aromatic nitrogens is 3. The lowest BCUT2D eigenvalue weighted by molar-refractivity contribution is -0.123. The van der Waals surface area contributed by atoms with Gasteiger partial charge in [0.1, 0.15) is 11.6 Å². The van der Waals surface area contributed by atoms with Gasteiger partial charge in [0.05, 0.1) is 18.0 Å². The van der Waals surface area contributed by atoms with Crippen molar-refractivity contribution in [2.75, 3.05) is 20.2 Å². The Hall–Kier alpha value is -2.65. The molecule has 0 aliphatic carbocycles. The molecular formula is C19H23N5O3S. The number of benzene rings is 1. The van der Waals surface area contributed by atoms with Gasteiger partial charge in [0, 0.05) is 5.92 Å². The van der Waals surface area contributed by atoms with E-state index < -0.39 is 0 Å². The van der Waals surface area contributed by atoms with E-state index in [2.05, 4.69) is 15.0 Å². The van der Waals surface area contributed by atoms with E-state index in [0.29, 0.717) is 36.7 Å². The number of ether oxygens (including phenoxy) is 1. The fraction of sp³-hybridized carbons (Fsp3) is 0.421. The Kier molecular flexibility index (Phi) is 4.94. The van der Waals surface area contributed by atoms with Gasteiger partial charge in [-0.1, -0.05) is 23.5 Å². The van der Waals surface area contributed by atoms with E-state index in [1.54, 1.807) is 14.0 Å². The van der Waals surface area contributed by atoms with Crippen LogP contribution in [0.2, 0.25) is 0 Å². The molecule has 1 atom stereocenters. The fourth-order valence-corrected chi connectivity index (χ4v) is 4.97. The highest BCUT2D eigenvalue weighted by Gasteiger charge is 2.33. The second kappa shape index (κ2) is 7.40. The van der Waals surface area contributed by atoms with Gasteiger partial charge in [-0.3, -0.25) is 9.69 Å². The molecule has 28 heavy (non-hydrogen) atoms. The predicted octanol–water partition coefficient (Wildman–Crippen LogP) is 2.10. The molecule has 0 spiro atoms. The Balaban J connectivity index is 1.75. The van der Waals surface area contributed by atoms with Crippen molar-refractivity contribution in [1.29, 1.82) is 0 Å². The van der Waals surface area contributed by atoms with E-state index in [9.17, 15) is 9.90 Å². The molecule has 1 aromatic carbocycles. The van der Waals surface area contributed by atoms with Crippen LogP contribution in [0.15, 0.2) is 24.3 Å². The van der Waals surface area contributed by atoms with E-state index in [-0.39, 0.29) is 23.7 Å². The second-order valence-electron chi connectivity index (χ2n) is 7.04. The van der Waals surface area contributed by atoms with Gasteiger partial charge in [-0.2, -0.15) is 4.52 Å². The predicted molar refractivity (Wildman–Crippen MR) is 106 cm³/mol. The minimum Gasteiger partial charge on any atom is -0.497 e. The van der Waals surface area contributed by atoms with Gasteiger partial charge in [-0.15, -0.1) is 5.10 Å². The minimum absolute atomic E-state index is 0.0965. The van der Waals surface area contributed by atoms with Crippen LogP contribution in [0, 0.1) is 12.8 Å². The largest absolute Gasteiger partial charge is 0.497 e. The van der Waals surface area contributed by atoms with Crippen LogP contribution in [0.1, 0.15) is 35.1 Å². The van der Waals surface area contributed by atoms with Gasteiger partial charge in [-0.05, 0) is 50.6 Å². The first-order valence-electron chi connectivity index (χ1n) is 9.20. The van der Waals surface area contributed by atoms with Crippen LogP contribution in [-0.2, 0) is 4.79 Å². The lowest BCUT2D eigenvalue weighted by atomic mass is 9.93. The molecule has 3 aromatic rings. The topological polar surface area (TPSA) is 106 Å². The first-order chi connectivity index (χ1) is 13.5. The number of piperidine rings is 1. The second-order valence-corrected chi connectivity index (χ2v) is 8.04. The molecule has 1 unspecified atom stereocenters. The lowest BCUT2D eigenvalue weighted by Crippen LogP contribution is -2.40. The van der Waals surface area contributed by atoms with Gasteiger partial charge < -0.3 is 15.6 Å². The van der Waals surface area contributed by atoms with E-state index in [4.69, 9.17) is 10.5 Å². The summed E-state index contributed by atoms with van der Waals surface area (Å²) in [6.07, 6.45) is 1.41. The number of amides is 1. The van der Waals surface area contributed by atoms with Crippen LogP contribution in [0.25, 0.3) is 4.96 Å². The third-order valence-corrected chi connectivity index (χ3v) is 6.33. The highest BCUT2D eigenvalue weighted by molar-refractivity contribution is 7.17. The molecule has 0 bridgehead atoms. The summed E-state index contributed by atoms with van der Waals surface area (Å²) in [5.74, 6) is 1.14. The number of thiazole rings is 1. The maximum absolute atomic E-state index is 11.6. The Morgan fingerprint density at radius 2 is 2.14 bits per heavy atom. The number of aryl methyl sites for hydroxylation is 1. The summed E-state index contributed by atoms with van der Waals surface area (Å²) in [6.45, 7) is 3.22. The average molecular weight is 401 g/mol. The first kappa shape index (κ1) is 18.7. The smallest absolute Gasteiger partial charge is 0.230 e. The Labute approximate surface area is 166 Å². The van der Waals surface area contributed by atoms with Crippen LogP contribution in [-0.4, -0.2) is 50.7 Å². The number of fused-ring (bicyclic) bond motifs is 1. The maximum Gasteiger partial charge on any atom is 0.230 e. The molecule has 4 rings (SSSR count). The average Bonchev–Trinajstić information content (AvgIpc) is 3.20. The van der Waals surface area contributed by atoms with Gasteiger partial charge in [0.15, 0.2) is 0 Å². The van der Waals surface area contributed by atoms with E-state index in [0.717, 1.165) is 16.2 Å². The molecule has 1 amide bonds. The van der Waals surface area contributed by atoms with Crippen LogP contribution < -0.4 is 10.5 Å². The van der Waals surface area contributed by atoms with Crippen molar-refractivity contribution in [3.8, 4) is 11.6 Å². The number of carbonyl (C=O) groups is 1. The molecule has 1 aliphatic rings. The minimum atomic E-state index is -0.241. The Morgan fingerprint density at radius 3 is 2.79 bits per heavy atom. The standard InChI is InChI=1S/C19H23N5O3S/c1-11-21-19-24(22-11)18(26)16(28-19)15(13-4-3-5-14(10-13)27-2)23-8-6-12(7-9-23)17(20)25/h3-5,10,12,15,26H,6-9H2,1-2H3,(H2,20,25). The van der Waals surface area contributed by atoms with Crippen LogP contribution in [0.3, 0.4) is 0 Å². The number of primary amides is 1. The number of carbonyl (C=O) groups excluding carboxylic acids is 1. The first-order valence-corrected chi connectivity index (χ1v) is 10.0. The highest BCUT2D eigenvalue weighted by atomic mass is 32.1. The third kappa shape index (κ3) is 3.31. The Bertz CT molecular complexity index is 1010. The van der Waals surface area contributed by atoms with Crippen molar-refractivity contribution in [1.82, 2.24) is 19.5 Å². The molecule has 3 N–H and O–H groups in total. The zero-order valence-corrected chi connectivity index (χ0v) is 16.6. The third-order valence-electron chi connectivity index (χ3n) is 5.26. The molecule has 3 heterocycles. The van der Waals surface area contributed by atoms with Crippen molar-refractivity contribution >= 4 is 22.2 Å². The summed E-state index contributed by atoms with van der Waals surface area (Å²) in [5.41, 5.74) is 6.50. The van der Waals surface area contributed by atoms with Crippen molar-refractivity contribution in [3.63, 3.8) is 0 Å². The molecule has 1 saturated heterocycles. The summed E-state index contributed by atoms with van der Waals surface area (Å²) >= 11 is 1.43. The molecule has 8 nitrogen and oxygen atoms in total. The molecular weight excluding hydrogens is 378 g/mol. The van der Waals surface area contributed by atoms with Gasteiger partial charge in [0.25, 0.3) is 0 Å².